The molecule has 1 aliphatic rings. The van der Waals surface area contributed by atoms with Gasteiger partial charge in [0.25, 0.3) is 0 Å². The van der Waals surface area contributed by atoms with Gasteiger partial charge in [0.1, 0.15) is 5.78 Å². The van der Waals surface area contributed by atoms with Crippen LogP contribution in [0.2, 0.25) is 0 Å². The van der Waals surface area contributed by atoms with Gasteiger partial charge >= 0.3 is 6.03 Å². The fraction of sp³-hybridized carbons (Fsp3) is 0.667. The molecule has 0 aliphatic carbocycles. The van der Waals surface area contributed by atoms with Crippen molar-refractivity contribution in [3.63, 3.8) is 0 Å². The maximum absolute atomic E-state index is 11.4. The van der Waals surface area contributed by atoms with Gasteiger partial charge < -0.3 is 5.73 Å². The molecule has 0 saturated carbocycles. The van der Waals surface area contributed by atoms with Crippen molar-refractivity contribution in [2.75, 3.05) is 13.1 Å². The number of urea groups is 1. The summed E-state index contributed by atoms with van der Waals surface area (Å²) in [6.45, 7) is 2.61. The zero-order valence-electron chi connectivity index (χ0n) is 8.66. The summed E-state index contributed by atoms with van der Waals surface area (Å²) in [6.07, 6.45) is 1.33. The molecule has 6 heteroatoms. The van der Waals surface area contributed by atoms with Gasteiger partial charge in [0.05, 0.1) is 12.6 Å². The van der Waals surface area contributed by atoms with Gasteiger partial charge in [-0.25, -0.2) is 4.79 Å². The minimum absolute atomic E-state index is 0.125. The number of carbonyl (C=O) groups excluding carboxylic acids is 3. The molecular weight excluding hydrogens is 198 g/mol. The molecule has 1 aliphatic heterocycles. The van der Waals surface area contributed by atoms with Crippen LogP contribution in [0.1, 0.15) is 19.8 Å². The molecule has 0 aromatic heterocycles. The van der Waals surface area contributed by atoms with Gasteiger partial charge in [0, 0.05) is 6.42 Å². The summed E-state index contributed by atoms with van der Waals surface area (Å²) in [7, 11) is 0. The van der Waals surface area contributed by atoms with Crippen LogP contribution in [0.4, 0.5) is 4.79 Å². The van der Waals surface area contributed by atoms with E-state index in [1.807, 2.05) is 5.32 Å². The van der Waals surface area contributed by atoms with E-state index in [1.165, 1.54) is 0 Å². The molecule has 0 aromatic rings. The Morgan fingerprint density at radius 3 is 2.73 bits per heavy atom. The smallest absolute Gasteiger partial charge is 0.318 e. The van der Waals surface area contributed by atoms with Crippen molar-refractivity contribution in [3.05, 3.63) is 0 Å². The zero-order chi connectivity index (χ0) is 11.4. The Morgan fingerprint density at radius 2 is 2.20 bits per heavy atom. The van der Waals surface area contributed by atoms with Crippen LogP contribution in [0.15, 0.2) is 0 Å². The highest BCUT2D eigenvalue weighted by Crippen LogP contribution is 2.09. The van der Waals surface area contributed by atoms with E-state index in [4.69, 9.17) is 5.73 Å². The maximum Gasteiger partial charge on any atom is 0.318 e. The highest BCUT2D eigenvalue weighted by atomic mass is 16.2. The van der Waals surface area contributed by atoms with Crippen LogP contribution in [0.25, 0.3) is 0 Å². The van der Waals surface area contributed by atoms with Crippen molar-refractivity contribution in [2.45, 2.75) is 25.8 Å². The molecular formula is C9H15N3O3. The zero-order valence-corrected chi connectivity index (χ0v) is 8.66. The molecule has 1 saturated heterocycles. The first-order valence-electron chi connectivity index (χ1n) is 4.86. The number of likely N-dealkylation sites (tertiary alicyclic amines) is 1. The number of carbonyl (C=O) groups is 3. The molecule has 0 spiro atoms. The average molecular weight is 213 g/mol. The summed E-state index contributed by atoms with van der Waals surface area (Å²) < 4.78 is 0. The minimum Gasteiger partial charge on any atom is -0.351 e. The third-order valence-electron chi connectivity index (χ3n) is 2.45. The van der Waals surface area contributed by atoms with Crippen LogP contribution in [0, 0.1) is 0 Å². The van der Waals surface area contributed by atoms with Crippen LogP contribution < -0.4 is 11.1 Å². The molecule has 1 rings (SSSR count). The lowest BCUT2D eigenvalue weighted by molar-refractivity contribution is -0.128. The number of hydrogen-bond donors (Lipinski definition) is 2. The van der Waals surface area contributed by atoms with Gasteiger partial charge in [-0.2, -0.15) is 0 Å². The molecule has 1 unspecified atom stereocenters. The fourth-order valence-corrected chi connectivity index (χ4v) is 1.59. The molecule has 1 heterocycles. The average Bonchev–Trinajstić information content (AvgIpc) is 2.15. The number of nitrogens with zero attached hydrogens (tertiary/aromatic N) is 1. The first-order chi connectivity index (χ1) is 7.00. The van der Waals surface area contributed by atoms with E-state index in [0.29, 0.717) is 13.0 Å². The summed E-state index contributed by atoms with van der Waals surface area (Å²) in [4.78, 5) is 34.8. The lowest BCUT2D eigenvalue weighted by Gasteiger charge is -2.30. The third-order valence-corrected chi connectivity index (χ3v) is 2.45. The van der Waals surface area contributed by atoms with E-state index >= 15 is 0 Å². The summed E-state index contributed by atoms with van der Waals surface area (Å²) >= 11 is 0. The fourth-order valence-electron chi connectivity index (χ4n) is 1.59. The van der Waals surface area contributed by atoms with Crippen LogP contribution in [-0.4, -0.2) is 41.8 Å². The number of amides is 3. The second kappa shape index (κ2) is 4.88. The number of ketones is 1. The standard InChI is InChI=1S/C9H15N3O3/c1-6(8(14)11-9(10)15)12-4-2-3-7(13)5-12/h6H,2-5H2,1H3,(H3,10,11,14,15). The molecule has 6 nitrogen and oxygen atoms in total. The third kappa shape index (κ3) is 3.32. The number of Topliss-reactive ketones (excluding diaryl/α,β-unsaturated/α-hetero) is 1. The second-order valence-corrected chi connectivity index (χ2v) is 3.64. The van der Waals surface area contributed by atoms with E-state index in [-0.39, 0.29) is 12.3 Å². The number of nitrogens with one attached hydrogen (secondary N) is 1. The van der Waals surface area contributed by atoms with Gasteiger partial charge in [0.15, 0.2) is 0 Å². The van der Waals surface area contributed by atoms with E-state index in [0.717, 1.165) is 6.42 Å². The van der Waals surface area contributed by atoms with E-state index in [2.05, 4.69) is 0 Å². The van der Waals surface area contributed by atoms with Gasteiger partial charge in [-0.15, -0.1) is 0 Å². The van der Waals surface area contributed by atoms with Crippen LogP contribution in [0.5, 0.6) is 0 Å². The molecule has 3 amide bonds. The molecule has 1 atom stereocenters. The SMILES string of the molecule is CC(C(=O)NC(N)=O)N1CCCC(=O)C1. The molecule has 3 N–H and O–H groups in total. The molecule has 0 radical (unpaired) electrons. The number of piperidine rings is 1. The van der Waals surface area contributed by atoms with Crippen molar-refractivity contribution in [2.24, 2.45) is 5.73 Å². The molecule has 0 bridgehead atoms. The Balaban J connectivity index is 2.51. The van der Waals surface area contributed by atoms with E-state index in [9.17, 15) is 14.4 Å². The largest absolute Gasteiger partial charge is 0.351 e. The highest BCUT2D eigenvalue weighted by molar-refractivity contribution is 5.96. The van der Waals surface area contributed by atoms with Crippen molar-refractivity contribution < 1.29 is 14.4 Å². The lowest BCUT2D eigenvalue weighted by Crippen LogP contribution is -2.51. The Morgan fingerprint density at radius 1 is 1.53 bits per heavy atom. The van der Waals surface area contributed by atoms with Gasteiger partial charge in [0.2, 0.25) is 5.91 Å². The van der Waals surface area contributed by atoms with Gasteiger partial charge in [-0.05, 0) is 19.9 Å². The van der Waals surface area contributed by atoms with Crippen molar-refractivity contribution >= 4 is 17.7 Å². The topological polar surface area (TPSA) is 92.5 Å². The predicted molar refractivity (Wildman–Crippen MR) is 53.0 cm³/mol. The first kappa shape index (κ1) is 11.6. The molecule has 84 valence electrons. The summed E-state index contributed by atoms with van der Waals surface area (Å²) in [5, 5.41) is 2.00. The number of primary amides is 1. The maximum atomic E-state index is 11.4. The number of nitrogens with two attached hydrogens (primary N) is 1. The summed E-state index contributed by atoms with van der Waals surface area (Å²) in [5.74, 6) is -0.336. The number of rotatable bonds is 2. The normalized spacial score (nSPS) is 19.7. The van der Waals surface area contributed by atoms with Gasteiger partial charge in [-0.1, -0.05) is 0 Å². The van der Waals surface area contributed by atoms with E-state index in [1.54, 1.807) is 11.8 Å². The summed E-state index contributed by atoms with van der Waals surface area (Å²) in [6, 6.07) is -1.36. The predicted octanol–water partition coefficient (Wildman–Crippen LogP) is -0.765. The Hall–Kier alpha value is -1.43. The van der Waals surface area contributed by atoms with Crippen LogP contribution >= 0.6 is 0 Å². The minimum atomic E-state index is -0.866. The Labute approximate surface area is 87.8 Å². The van der Waals surface area contributed by atoms with Crippen molar-refractivity contribution in [1.82, 2.24) is 10.2 Å². The van der Waals surface area contributed by atoms with Gasteiger partial charge in [-0.3, -0.25) is 19.8 Å². The molecule has 1 fully saturated rings. The summed E-state index contributed by atoms with van der Waals surface area (Å²) in [5.41, 5.74) is 4.83. The van der Waals surface area contributed by atoms with E-state index < -0.39 is 18.0 Å². The second-order valence-electron chi connectivity index (χ2n) is 3.64. The lowest BCUT2D eigenvalue weighted by atomic mass is 10.1. The molecule has 15 heavy (non-hydrogen) atoms. The Bertz CT molecular complexity index is 290. The monoisotopic (exact) mass is 213 g/mol. The van der Waals surface area contributed by atoms with Crippen molar-refractivity contribution in [3.8, 4) is 0 Å². The number of imide groups is 1. The molecule has 0 aromatic carbocycles. The quantitative estimate of drug-likeness (QED) is 0.630. The highest BCUT2D eigenvalue weighted by Gasteiger charge is 2.26. The van der Waals surface area contributed by atoms with Crippen LogP contribution in [0.3, 0.4) is 0 Å². The Kier molecular flexibility index (Phi) is 3.79. The van der Waals surface area contributed by atoms with Crippen LogP contribution in [-0.2, 0) is 9.59 Å². The number of hydrogen-bond acceptors (Lipinski definition) is 4. The van der Waals surface area contributed by atoms with Crippen molar-refractivity contribution in [1.29, 1.82) is 0 Å². The first-order valence-corrected chi connectivity index (χ1v) is 4.86.